The van der Waals surface area contributed by atoms with Gasteiger partial charge in [-0.15, -0.1) is 0 Å². The van der Waals surface area contributed by atoms with Crippen LogP contribution in [0.3, 0.4) is 0 Å². The molecule has 1 unspecified atom stereocenters. The highest BCUT2D eigenvalue weighted by Crippen LogP contribution is 2.33. The fourth-order valence-electron chi connectivity index (χ4n) is 2.69. The van der Waals surface area contributed by atoms with Crippen LogP contribution in [0.4, 0.5) is 0 Å². The van der Waals surface area contributed by atoms with Crippen LogP contribution in [0.2, 0.25) is 0 Å². The first kappa shape index (κ1) is 16.1. The molecule has 0 spiro atoms. The number of allylic oxidation sites excluding steroid dienone is 2. The fraction of sp³-hybridized carbons (Fsp3) is 0.556. The second-order valence-corrected chi connectivity index (χ2v) is 6.82. The lowest BCUT2D eigenvalue weighted by Crippen LogP contribution is -2.21. The predicted molar refractivity (Wildman–Crippen MR) is 88.0 cm³/mol. The molecule has 1 aromatic carbocycles. The molecule has 116 valence electrons. The van der Waals surface area contributed by atoms with Gasteiger partial charge in [-0.2, -0.15) is 0 Å². The van der Waals surface area contributed by atoms with E-state index in [1.807, 2.05) is 0 Å². The van der Waals surface area contributed by atoms with E-state index < -0.39 is 0 Å². The third kappa shape index (κ3) is 4.58. The second kappa shape index (κ2) is 7.10. The van der Waals surface area contributed by atoms with Crippen LogP contribution in [0, 0.1) is 0 Å². The van der Waals surface area contributed by atoms with Crippen molar-refractivity contribution in [2.24, 2.45) is 5.73 Å². The maximum Gasteiger partial charge on any atom is 0.0868 e. The van der Waals surface area contributed by atoms with Crippen LogP contribution in [0.5, 0.6) is 0 Å². The Morgan fingerprint density at radius 1 is 1.33 bits per heavy atom. The number of nitrogens with two attached hydrogens (primary N) is 1. The summed E-state index contributed by atoms with van der Waals surface area (Å²) in [6.45, 7) is 7.90. The molecule has 0 fully saturated rings. The molecule has 0 amide bonds. The molecular formula is C18H28N2O. The third-order valence-electron chi connectivity index (χ3n) is 4.06. The molecule has 2 rings (SSSR count). The number of hydroxylamine groups is 1. The first-order chi connectivity index (χ1) is 10.0. The van der Waals surface area contributed by atoms with Crippen molar-refractivity contribution in [1.29, 1.82) is 0 Å². The molecule has 1 aliphatic carbocycles. The van der Waals surface area contributed by atoms with E-state index >= 15 is 0 Å². The maximum atomic E-state index is 5.41. The van der Waals surface area contributed by atoms with Gasteiger partial charge in [-0.3, -0.25) is 10.3 Å². The fourth-order valence-corrected chi connectivity index (χ4v) is 2.69. The molecule has 1 atom stereocenters. The van der Waals surface area contributed by atoms with Gasteiger partial charge in [-0.1, -0.05) is 51.1 Å². The van der Waals surface area contributed by atoms with E-state index in [9.17, 15) is 0 Å². The van der Waals surface area contributed by atoms with Gasteiger partial charge in [0.05, 0.1) is 6.61 Å². The molecule has 0 saturated carbocycles. The maximum absolute atomic E-state index is 5.41. The summed E-state index contributed by atoms with van der Waals surface area (Å²) in [4.78, 5) is 5.28. The summed E-state index contributed by atoms with van der Waals surface area (Å²) >= 11 is 0. The molecule has 0 heterocycles. The SMILES string of the molecule is CC(C)(C)c1cccc(C2CC=C(NOCCN)CC2)c1. The van der Waals surface area contributed by atoms with E-state index in [2.05, 4.69) is 56.6 Å². The number of hydrogen-bond donors (Lipinski definition) is 2. The predicted octanol–water partition coefficient (Wildman–Crippen LogP) is 3.62. The Morgan fingerprint density at radius 2 is 2.14 bits per heavy atom. The van der Waals surface area contributed by atoms with Crippen molar-refractivity contribution < 1.29 is 4.84 Å². The summed E-state index contributed by atoms with van der Waals surface area (Å²) in [5.41, 5.74) is 12.7. The van der Waals surface area contributed by atoms with Crippen LogP contribution in [0.15, 0.2) is 36.0 Å². The molecule has 0 bridgehead atoms. The van der Waals surface area contributed by atoms with Crippen molar-refractivity contribution in [3.05, 3.63) is 47.2 Å². The van der Waals surface area contributed by atoms with Crippen LogP contribution in [-0.4, -0.2) is 13.2 Å². The number of rotatable bonds is 5. The standard InChI is InChI=1S/C18H28N2O/c1-18(2,3)16-6-4-5-15(13-16)14-7-9-17(10-8-14)20-21-12-11-19/h4-6,9,13-14,20H,7-8,10-12,19H2,1-3H3. The van der Waals surface area contributed by atoms with Gasteiger partial charge in [0.15, 0.2) is 0 Å². The Balaban J connectivity index is 1.99. The van der Waals surface area contributed by atoms with Gasteiger partial charge < -0.3 is 5.73 Å². The van der Waals surface area contributed by atoms with Crippen molar-refractivity contribution >= 4 is 0 Å². The molecule has 1 aliphatic rings. The van der Waals surface area contributed by atoms with Gasteiger partial charge in [0, 0.05) is 12.2 Å². The molecular weight excluding hydrogens is 260 g/mol. The zero-order chi connectivity index (χ0) is 15.3. The van der Waals surface area contributed by atoms with Crippen molar-refractivity contribution in [2.45, 2.75) is 51.4 Å². The average Bonchev–Trinajstić information content (AvgIpc) is 2.47. The number of hydrogen-bond acceptors (Lipinski definition) is 3. The summed E-state index contributed by atoms with van der Waals surface area (Å²) in [7, 11) is 0. The molecule has 0 radical (unpaired) electrons. The monoisotopic (exact) mass is 288 g/mol. The highest BCUT2D eigenvalue weighted by atomic mass is 16.6. The molecule has 1 aromatic rings. The molecule has 0 aromatic heterocycles. The summed E-state index contributed by atoms with van der Waals surface area (Å²) in [5, 5.41) is 0. The van der Waals surface area contributed by atoms with Crippen LogP contribution in [0.1, 0.15) is 57.1 Å². The highest BCUT2D eigenvalue weighted by Gasteiger charge is 2.19. The second-order valence-electron chi connectivity index (χ2n) is 6.82. The van der Waals surface area contributed by atoms with E-state index in [-0.39, 0.29) is 5.41 Å². The summed E-state index contributed by atoms with van der Waals surface area (Å²) in [6, 6.07) is 9.06. The molecule has 0 aliphatic heterocycles. The van der Waals surface area contributed by atoms with E-state index in [4.69, 9.17) is 10.6 Å². The molecule has 3 heteroatoms. The van der Waals surface area contributed by atoms with Crippen LogP contribution >= 0.6 is 0 Å². The Labute approximate surface area is 128 Å². The summed E-state index contributed by atoms with van der Waals surface area (Å²) < 4.78 is 0. The zero-order valence-electron chi connectivity index (χ0n) is 13.5. The largest absolute Gasteiger partial charge is 0.328 e. The highest BCUT2D eigenvalue weighted by molar-refractivity contribution is 5.32. The van der Waals surface area contributed by atoms with E-state index in [1.165, 1.54) is 23.2 Å². The van der Waals surface area contributed by atoms with Crippen molar-refractivity contribution in [1.82, 2.24) is 5.48 Å². The van der Waals surface area contributed by atoms with Gasteiger partial charge in [0.25, 0.3) is 0 Å². The van der Waals surface area contributed by atoms with Gasteiger partial charge in [0.1, 0.15) is 0 Å². The first-order valence-corrected chi connectivity index (χ1v) is 7.88. The van der Waals surface area contributed by atoms with Crippen LogP contribution < -0.4 is 11.2 Å². The van der Waals surface area contributed by atoms with Gasteiger partial charge in [0.2, 0.25) is 0 Å². The molecule has 0 saturated heterocycles. The average molecular weight is 288 g/mol. The normalized spacial score (nSPS) is 19.2. The van der Waals surface area contributed by atoms with Gasteiger partial charge in [-0.05, 0) is 41.7 Å². The minimum atomic E-state index is 0.212. The van der Waals surface area contributed by atoms with E-state index in [0.29, 0.717) is 19.1 Å². The Hall–Kier alpha value is -1.32. The Kier molecular flexibility index (Phi) is 5.43. The summed E-state index contributed by atoms with van der Waals surface area (Å²) in [5.74, 6) is 0.618. The first-order valence-electron chi connectivity index (χ1n) is 7.88. The third-order valence-corrected chi connectivity index (χ3v) is 4.06. The lowest BCUT2D eigenvalue weighted by Gasteiger charge is -2.25. The number of benzene rings is 1. The molecule has 3 N–H and O–H groups in total. The quantitative estimate of drug-likeness (QED) is 0.642. The number of nitrogens with one attached hydrogen (secondary N) is 1. The van der Waals surface area contributed by atoms with Gasteiger partial charge in [-0.25, -0.2) is 0 Å². The summed E-state index contributed by atoms with van der Waals surface area (Å²) in [6.07, 6.45) is 5.53. The Bertz CT molecular complexity index is 488. The van der Waals surface area contributed by atoms with E-state index in [1.54, 1.807) is 0 Å². The van der Waals surface area contributed by atoms with Crippen LogP contribution in [0.25, 0.3) is 0 Å². The van der Waals surface area contributed by atoms with Gasteiger partial charge >= 0.3 is 0 Å². The minimum Gasteiger partial charge on any atom is -0.328 e. The Morgan fingerprint density at radius 3 is 2.76 bits per heavy atom. The molecule has 3 nitrogen and oxygen atoms in total. The van der Waals surface area contributed by atoms with E-state index in [0.717, 1.165) is 12.8 Å². The van der Waals surface area contributed by atoms with Crippen molar-refractivity contribution in [3.8, 4) is 0 Å². The zero-order valence-corrected chi connectivity index (χ0v) is 13.5. The van der Waals surface area contributed by atoms with Crippen molar-refractivity contribution in [3.63, 3.8) is 0 Å². The van der Waals surface area contributed by atoms with Crippen LogP contribution in [-0.2, 0) is 10.3 Å². The minimum absolute atomic E-state index is 0.212. The molecule has 21 heavy (non-hydrogen) atoms. The smallest absolute Gasteiger partial charge is 0.0868 e. The lowest BCUT2D eigenvalue weighted by molar-refractivity contribution is 0.0649. The lowest BCUT2D eigenvalue weighted by atomic mass is 9.81. The topological polar surface area (TPSA) is 47.3 Å². The van der Waals surface area contributed by atoms with Crippen molar-refractivity contribution in [2.75, 3.05) is 13.2 Å².